The summed E-state index contributed by atoms with van der Waals surface area (Å²) in [6.07, 6.45) is 5.50. The maximum Gasteiger partial charge on any atom is 0.305 e. The van der Waals surface area contributed by atoms with Gasteiger partial charge >= 0.3 is 5.97 Å². The molecule has 0 spiro atoms. The summed E-state index contributed by atoms with van der Waals surface area (Å²) in [5, 5.41) is 3.04. The molecule has 0 saturated carbocycles. The van der Waals surface area contributed by atoms with Gasteiger partial charge in [0.25, 0.3) is 0 Å². The molecule has 0 atom stereocenters. The molecule has 7 nitrogen and oxygen atoms in total. The fourth-order valence-electron chi connectivity index (χ4n) is 2.31. The zero-order chi connectivity index (χ0) is 18.5. The lowest BCUT2D eigenvalue weighted by Gasteiger charge is -2.10. The summed E-state index contributed by atoms with van der Waals surface area (Å²) in [5.41, 5.74) is 6.69. The van der Waals surface area contributed by atoms with Gasteiger partial charge in [0.15, 0.2) is 17.5 Å². The molecule has 0 unspecified atom stereocenters. The van der Waals surface area contributed by atoms with Crippen molar-refractivity contribution in [3.05, 3.63) is 18.2 Å². The Kier molecular flexibility index (Phi) is 13.5. The Morgan fingerprint density at radius 1 is 1.04 bits per heavy atom. The van der Waals surface area contributed by atoms with Gasteiger partial charge in [-0.15, -0.1) is 24.0 Å². The number of guanidine groups is 1. The van der Waals surface area contributed by atoms with Crippen LogP contribution in [0.5, 0.6) is 11.5 Å². The van der Waals surface area contributed by atoms with Crippen LogP contribution in [-0.2, 0) is 9.53 Å². The zero-order valence-electron chi connectivity index (χ0n) is 15.7. The number of carbonyl (C=O) groups excluding carboxylic acids is 1. The number of halogens is 1. The van der Waals surface area contributed by atoms with E-state index in [1.807, 2.05) is 18.2 Å². The molecule has 0 aromatic heterocycles. The molecule has 0 aliphatic heterocycles. The summed E-state index contributed by atoms with van der Waals surface area (Å²) in [7, 11) is 4.60. The van der Waals surface area contributed by atoms with Crippen molar-refractivity contribution in [1.29, 1.82) is 0 Å². The zero-order valence-corrected chi connectivity index (χ0v) is 18.1. The summed E-state index contributed by atoms with van der Waals surface area (Å²) in [6.45, 7) is 0.670. The molecule has 0 saturated heterocycles. The summed E-state index contributed by atoms with van der Waals surface area (Å²) in [5.74, 6) is 1.53. The molecule has 8 heteroatoms. The van der Waals surface area contributed by atoms with Crippen molar-refractivity contribution in [2.24, 2.45) is 10.7 Å². The first-order valence-electron chi connectivity index (χ1n) is 8.46. The van der Waals surface area contributed by atoms with Crippen LogP contribution in [0.25, 0.3) is 0 Å². The molecule has 1 aromatic rings. The molecular formula is C18H30IN3O4. The van der Waals surface area contributed by atoms with Crippen molar-refractivity contribution in [3.8, 4) is 11.5 Å². The number of aliphatic imine (C=N–C) groups is 1. The minimum absolute atomic E-state index is 0. The number of hydrogen-bond acceptors (Lipinski definition) is 5. The van der Waals surface area contributed by atoms with Gasteiger partial charge in [-0.3, -0.25) is 9.79 Å². The van der Waals surface area contributed by atoms with E-state index in [1.165, 1.54) is 7.11 Å². The highest BCUT2D eigenvalue weighted by molar-refractivity contribution is 14.0. The number of carbonyl (C=O) groups is 1. The first-order valence-corrected chi connectivity index (χ1v) is 8.46. The SMILES string of the molecule is COC(=O)CCCCCCCN=C(N)Nc1ccc(OC)c(OC)c1.I. The van der Waals surface area contributed by atoms with Crippen LogP contribution >= 0.6 is 24.0 Å². The van der Waals surface area contributed by atoms with Crippen LogP contribution in [0, 0.1) is 0 Å². The van der Waals surface area contributed by atoms with Crippen molar-refractivity contribution in [3.63, 3.8) is 0 Å². The second kappa shape index (κ2) is 14.5. The number of hydrogen-bond donors (Lipinski definition) is 2. The Hall–Kier alpha value is -1.71. The predicted octanol–water partition coefficient (Wildman–Crippen LogP) is 3.56. The maximum atomic E-state index is 11.0. The average molecular weight is 479 g/mol. The highest BCUT2D eigenvalue weighted by Crippen LogP contribution is 2.29. The molecule has 0 amide bonds. The van der Waals surface area contributed by atoms with Crippen molar-refractivity contribution < 1.29 is 19.0 Å². The van der Waals surface area contributed by atoms with Crippen molar-refractivity contribution in [2.75, 3.05) is 33.2 Å². The Morgan fingerprint density at radius 2 is 1.69 bits per heavy atom. The lowest BCUT2D eigenvalue weighted by molar-refractivity contribution is -0.140. The fourth-order valence-corrected chi connectivity index (χ4v) is 2.31. The highest BCUT2D eigenvalue weighted by Gasteiger charge is 2.05. The number of ether oxygens (including phenoxy) is 3. The quantitative estimate of drug-likeness (QED) is 0.166. The third kappa shape index (κ3) is 9.69. The van der Waals surface area contributed by atoms with Gasteiger partial charge in [-0.05, 0) is 25.0 Å². The minimum atomic E-state index is -0.140. The van der Waals surface area contributed by atoms with E-state index < -0.39 is 0 Å². The molecule has 3 N–H and O–H groups in total. The molecule has 148 valence electrons. The fraction of sp³-hybridized carbons (Fsp3) is 0.556. The molecule has 0 bridgehead atoms. The second-order valence-electron chi connectivity index (χ2n) is 5.56. The molecule has 1 aromatic carbocycles. The summed E-state index contributed by atoms with van der Waals surface area (Å²) in [4.78, 5) is 15.3. The van der Waals surface area contributed by atoms with Gasteiger partial charge in [0.1, 0.15) is 0 Å². The van der Waals surface area contributed by atoms with E-state index in [0.717, 1.165) is 37.8 Å². The Morgan fingerprint density at radius 3 is 2.35 bits per heavy atom. The van der Waals surface area contributed by atoms with Crippen molar-refractivity contribution >= 4 is 41.6 Å². The number of nitrogens with one attached hydrogen (secondary N) is 1. The van der Waals surface area contributed by atoms with E-state index in [1.54, 1.807) is 14.2 Å². The number of methoxy groups -OCH3 is 3. The van der Waals surface area contributed by atoms with Gasteiger partial charge in [-0.25, -0.2) is 0 Å². The Labute approximate surface area is 172 Å². The number of rotatable bonds is 11. The van der Waals surface area contributed by atoms with Crippen molar-refractivity contribution in [1.82, 2.24) is 0 Å². The number of unbranched alkanes of at least 4 members (excludes halogenated alkanes) is 4. The van der Waals surface area contributed by atoms with Crippen LogP contribution in [0.4, 0.5) is 5.69 Å². The molecule has 1 rings (SSSR count). The average Bonchev–Trinajstić information content (AvgIpc) is 2.63. The predicted molar refractivity (Wildman–Crippen MR) is 115 cm³/mol. The number of nitrogens with two attached hydrogens (primary N) is 1. The van der Waals surface area contributed by atoms with Gasteiger partial charge in [0.05, 0.1) is 21.3 Å². The van der Waals surface area contributed by atoms with Crippen molar-refractivity contribution in [2.45, 2.75) is 38.5 Å². The Balaban J connectivity index is 0.00000625. The largest absolute Gasteiger partial charge is 0.493 e. The topological polar surface area (TPSA) is 95.2 Å². The van der Waals surface area contributed by atoms with E-state index >= 15 is 0 Å². The molecule has 0 radical (unpaired) electrons. The van der Waals surface area contributed by atoms with Gasteiger partial charge in [-0.1, -0.05) is 19.3 Å². The first kappa shape index (κ1) is 24.3. The van der Waals surface area contributed by atoms with Gasteiger partial charge in [0.2, 0.25) is 0 Å². The highest BCUT2D eigenvalue weighted by atomic mass is 127. The molecule has 0 aliphatic rings. The van der Waals surface area contributed by atoms with Crippen LogP contribution in [0.2, 0.25) is 0 Å². The first-order chi connectivity index (χ1) is 12.1. The summed E-state index contributed by atoms with van der Waals surface area (Å²) < 4.78 is 15.1. The number of nitrogens with zero attached hydrogens (tertiary/aromatic N) is 1. The lowest BCUT2D eigenvalue weighted by Crippen LogP contribution is -2.22. The van der Waals surface area contributed by atoms with Crippen LogP contribution in [-0.4, -0.2) is 39.8 Å². The number of benzene rings is 1. The minimum Gasteiger partial charge on any atom is -0.493 e. The van der Waals surface area contributed by atoms with Gasteiger partial charge in [0, 0.05) is 24.7 Å². The number of esters is 1. The molecular weight excluding hydrogens is 449 g/mol. The van der Waals surface area contributed by atoms with Gasteiger partial charge < -0.3 is 25.3 Å². The standard InChI is InChI=1S/C18H29N3O4.HI/c1-23-15-11-10-14(13-16(15)24-2)21-18(19)20-12-8-6-4-5-7-9-17(22)25-3;/h10-11,13H,4-9,12H2,1-3H3,(H3,19,20,21);1H. The van der Waals surface area contributed by atoms with Crippen LogP contribution in [0.15, 0.2) is 23.2 Å². The monoisotopic (exact) mass is 479 g/mol. The van der Waals surface area contributed by atoms with E-state index in [9.17, 15) is 4.79 Å². The van der Waals surface area contributed by atoms with E-state index in [2.05, 4.69) is 15.0 Å². The number of anilines is 1. The lowest BCUT2D eigenvalue weighted by atomic mass is 10.1. The van der Waals surface area contributed by atoms with Crippen LogP contribution in [0.3, 0.4) is 0 Å². The third-order valence-electron chi connectivity index (χ3n) is 3.70. The summed E-state index contributed by atoms with van der Waals surface area (Å²) in [6, 6.07) is 5.47. The van der Waals surface area contributed by atoms with E-state index in [-0.39, 0.29) is 29.9 Å². The Bertz CT molecular complexity index is 567. The normalized spacial score (nSPS) is 10.7. The van der Waals surface area contributed by atoms with E-state index in [0.29, 0.717) is 30.4 Å². The molecule has 0 heterocycles. The van der Waals surface area contributed by atoms with E-state index in [4.69, 9.17) is 15.2 Å². The second-order valence-corrected chi connectivity index (χ2v) is 5.56. The summed E-state index contributed by atoms with van der Waals surface area (Å²) >= 11 is 0. The smallest absolute Gasteiger partial charge is 0.305 e. The van der Waals surface area contributed by atoms with Crippen LogP contribution < -0.4 is 20.5 Å². The van der Waals surface area contributed by atoms with Crippen LogP contribution in [0.1, 0.15) is 38.5 Å². The molecule has 0 fully saturated rings. The maximum absolute atomic E-state index is 11.0. The molecule has 26 heavy (non-hydrogen) atoms. The third-order valence-corrected chi connectivity index (χ3v) is 3.70. The van der Waals surface area contributed by atoms with Gasteiger partial charge in [-0.2, -0.15) is 0 Å². The molecule has 0 aliphatic carbocycles.